The Morgan fingerprint density at radius 3 is 2.56 bits per heavy atom. The van der Waals surface area contributed by atoms with Crippen LogP contribution < -0.4 is 5.32 Å². The number of hydrogen-bond donors (Lipinski definition) is 1. The van der Waals surface area contributed by atoms with E-state index >= 15 is 0 Å². The molecule has 39 heavy (non-hydrogen) atoms. The molecular weight excluding hydrogens is 518 g/mol. The van der Waals surface area contributed by atoms with Crippen molar-refractivity contribution in [3.8, 4) is 0 Å². The van der Waals surface area contributed by atoms with Crippen LogP contribution in [0.4, 0.5) is 0 Å². The van der Waals surface area contributed by atoms with Crippen LogP contribution in [0.3, 0.4) is 0 Å². The smallest absolute Gasteiger partial charge is 0.338 e. The van der Waals surface area contributed by atoms with E-state index in [1.165, 1.54) is 24.3 Å². The monoisotopic (exact) mass is 557 g/mol. The van der Waals surface area contributed by atoms with Crippen LogP contribution in [0, 0.1) is 11.3 Å². The maximum atomic E-state index is 13.0. The average molecular weight is 558 g/mol. The van der Waals surface area contributed by atoms with E-state index in [9.17, 15) is 18.0 Å². The molecule has 2 aliphatic heterocycles. The topological polar surface area (TPSA) is 117 Å². The summed E-state index contributed by atoms with van der Waals surface area (Å²) in [6.45, 7) is 6.81. The van der Waals surface area contributed by atoms with E-state index in [2.05, 4.69) is 5.32 Å². The van der Waals surface area contributed by atoms with E-state index < -0.39 is 15.8 Å². The van der Waals surface area contributed by atoms with Crippen LogP contribution in [0.2, 0.25) is 0 Å². The molecule has 2 fully saturated rings. The van der Waals surface area contributed by atoms with Crippen LogP contribution >= 0.6 is 0 Å². The number of nitrogens with one attached hydrogen (secondary N) is 1. The lowest BCUT2D eigenvalue weighted by Gasteiger charge is -2.36. The minimum atomic E-state index is -3.36. The van der Waals surface area contributed by atoms with E-state index in [-0.39, 0.29) is 34.0 Å². The summed E-state index contributed by atoms with van der Waals surface area (Å²) in [7, 11) is -3.36. The first-order chi connectivity index (χ1) is 18.7. The molecule has 2 aromatic rings. The van der Waals surface area contributed by atoms with Gasteiger partial charge in [-0.05, 0) is 81.0 Å². The zero-order valence-electron chi connectivity index (χ0n) is 22.9. The number of amides is 1. The second-order valence-electron chi connectivity index (χ2n) is 11.4. The molecule has 0 bridgehead atoms. The Morgan fingerprint density at radius 2 is 1.90 bits per heavy atom. The molecule has 1 aromatic heterocycles. The lowest BCUT2D eigenvalue weighted by atomic mass is 9.75. The third-order valence-electron chi connectivity index (χ3n) is 8.58. The van der Waals surface area contributed by atoms with Gasteiger partial charge in [-0.2, -0.15) is 5.10 Å². The van der Waals surface area contributed by atoms with Crippen molar-refractivity contribution >= 4 is 21.7 Å². The first kappa shape index (κ1) is 27.8. The highest BCUT2D eigenvalue weighted by molar-refractivity contribution is 7.92. The fraction of sp³-hybridized carbons (Fsp3) is 0.621. The number of aromatic nitrogens is 2. The minimum Gasteiger partial charge on any atom is -0.462 e. The van der Waals surface area contributed by atoms with Gasteiger partial charge in [-0.3, -0.25) is 9.48 Å². The highest BCUT2D eigenvalue weighted by atomic mass is 32.2. The zero-order valence-corrected chi connectivity index (χ0v) is 23.7. The molecular formula is C29H39N3O6S. The van der Waals surface area contributed by atoms with Gasteiger partial charge < -0.3 is 14.8 Å². The van der Waals surface area contributed by atoms with Gasteiger partial charge in [-0.1, -0.05) is 19.8 Å². The van der Waals surface area contributed by atoms with E-state index in [0.717, 1.165) is 43.4 Å². The fourth-order valence-corrected chi connectivity index (χ4v) is 8.04. The maximum Gasteiger partial charge on any atom is 0.338 e. The van der Waals surface area contributed by atoms with E-state index in [0.29, 0.717) is 56.8 Å². The van der Waals surface area contributed by atoms with Gasteiger partial charge in [0.15, 0.2) is 9.84 Å². The van der Waals surface area contributed by atoms with Gasteiger partial charge in [-0.25, -0.2) is 13.2 Å². The van der Waals surface area contributed by atoms with E-state index in [4.69, 9.17) is 14.6 Å². The van der Waals surface area contributed by atoms with Crippen LogP contribution in [0.1, 0.15) is 84.5 Å². The molecule has 5 rings (SSSR count). The predicted octanol–water partition coefficient (Wildman–Crippen LogP) is 3.74. The summed E-state index contributed by atoms with van der Waals surface area (Å²) in [5, 5.41) is 7.60. The van der Waals surface area contributed by atoms with E-state index in [1.807, 2.05) is 13.8 Å². The number of benzene rings is 1. The van der Waals surface area contributed by atoms with Gasteiger partial charge in [0, 0.05) is 31.9 Å². The third kappa shape index (κ3) is 5.77. The molecule has 1 saturated carbocycles. The summed E-state index contributed by atoms with van der Waals surface area (Å²) in [5.74, 6) is -0.575. The van der Waals surface area contributed by atoms with Gasteiger partial charge in [0.05, 0.1) is 28.0 Å². The molecule has 3 heterocycles. The second-order valence-corrected chi connectivity index (χ2v) is 13.7. The normalized spacial score (nSPS) is 20.3. The van der Waals surface area contributed by atoms with Crippen molar-refractivity contribution in [3.63, 3.8) is 0 Å². The number of aryl methyl sites for hydroxylation is 1. The van der Waals surface area contributed by atoms with Crippen molar-refractivity contribution in [2.24, 2.45) is 11.3 Å². The van der Waals surface area contributed by atoms with Crippen LogP contribution in [0.25, 0.3) is 0 Å². The predicted molar refractivity (Wildman–Crippen MR) is 145 cm³/mol. The molecule has 9 nitrogen and oxygen atoms in total. The Hall–Kier alpha value is -2.72. The first-order valence-electron chi connectivity index (χ1n) is 14.2. The lowest BCUT2D eigenvalue weighted by Crippen LogP contribution is -2.40. The largest absolute Gasteiger partial charge is 0.462 e. The number of esters is 1. The molecule has 212 valence electrons. The number of hydrogen-bond acceptors (Lipinski definition) is 7. The first-order valence-corrected chi connectivity index (χ1v) is 15.7. The summed E-state index contributed by atoms with van der Waals surface area (Å²) in [5.41, 5.74) is 2.84. The summed E-state index contributed by atoms with van der Waals surface area (Å²) < 4.78 is 38.6. The number of rotatable bonds is 8. The molecule has 1 atom stereocenters. The molecule has 3 aliphatic rings. The lowest BCUT2D eigenvalue weighted by molar-refractivity contribution is 0.0160. The number of carbonyl (C=O) groups is 2. The van der Waals surface area contributed by atoms with Crippen LogP contribution in [0.5, 0.6) is 0 Å². The number of nitrogens with zero attached hydrogens (tertiary/aromatic N) is 2. The Balaban J connectivity index is 1.24. The molecule has 1 spiro atoms. The van der Waals surface area contributed by atoms with Crippen molar-refractivity contribution in [3.05, 3.63) is 46.8 Å². The number of ether oxygens (including phenoxy) is 2. The fourth-order valence-electron chi connectivity index (χ4n) is 6.19. The second kappa shape index (κ2) is 11.4. The van der Waals surface area contributed by atoms with Crippen molar-refractivity contribution in [2.45, 2.75) is 81.9 Å². The molecule has 10 heteroatoms. The Morgan fingerprint density at radius 1 is 1.21 bits per heavy atom. The molecule has 1 aliphatic carbocycles. The van der Waals surface area contributed by atoms with Crippen LogP contribution in [-0.4, -0.2) is 61.7 Å². The standard InChI is InChI=1S/C29H39N3O6S/c1-3-32-26-24(17-29(19-30-27(26)33)12-14-37-15-13-29)25(31-32)16-20(2)18-38-28(34)21-8-10-23(11-9-21)39(35,36)22-6-4-5-7-22/h8-11,20,22H,3-7,12-19H2,1-2H3,(H,30,33). The van der Waals surface area contributed by atoms with Crippen molar-refractivity contribution in [1.82, 2.24) is 15.1 Å². The summed E-state index contributed by atoms with van der Waals surface area (Å²) in [4.78, 5) is 26.0. The highest BCUT2D eigenvalue weighted by Gasteiger charge is 2.40. The molecule has 1 aromatic carbocycles. The van der Waals surface area contributed by atoms with Crippen molar-refractivity contribution in [1.29, 1.82) is 0 Å². The zero-order chi connectivity index (χ0) is 27.6. The molecule has 0 radical (unpaired) electrons. The third-order valence-corrected chi connectivity index (χ3v) is 10.9. The molecule has 1 amide bonds. The Kier molecular flexibility index (Phi) is 8.14. The van der Waals surface area contributed by atoms with Crippen LogP contribution in [0.15, 0.2) is 29.2 Å². The van der Waals surface area contributed by atoms with Crippen molar-refractivity contribution < 1.29 is 27.5 Å². The summed E-state index contributed by atoms with van der Waals surface area (Å²) in [6, 6.07) is 6.09. The van der Waals surface area contributed by atoms with Gasteiger partial charge in [0.25, 0.3) is 5.91 Å². The van der Waals surface area contributed by atoms with E-state index in [1.54, 1.807) is 4.68 Å². The summed E-state index contributed by atoms with van der Waals surface area (Å²) in [6.07, 6.45) is 6.44. The average Bonchev–Trinajstić information content (AvgIpc) is 3.58. The maximum absolute atomic E-state index is 13.0. The SMILES string of the molecule is CCn1nc(CC(C)COC(=O)c2ccc(S(=O)(=O)C3CCCC3)cc2)c2c1C(=O)NCC1(CCOCC1)C2. The number of carbonyl (C=O) groups excluding carboxylic acids is 2. The van der Waals surface area contributed by atoms with Crippen molar-refractivity contribution in [2.75, 3.05) is 26.4 Å². The highest BCUT2D eigenvalue weighted by Crippen LogP contribution is 2.38. The van der Waals surface area contributed by atoms with Gasteiger partial charge >= 0.3 is 5.97 Å². The van der Waals surface area contributed by atoms with Gasteiger partial charge in [0.2, 0.25) is 0 Å². The van der Waals surface area contributed by atoms with Gasteiger partial charge in [-0.15, -0.1) is 0 Å². The number of sulfone groups is 1. The van der Waals surface area contributed by atoms with Gasteiger partial charge in [0.1, 0.15) is 5.69 Å². The Labute approximate surface area is 230 Å². The molecule has 1 N–H and O–H groups in total. The summed E-state index contributed by atoms with van der Waals surface area (Å²) >= 11 is 0. The molecule has 1 unspecified atom stereocenters. The quantitative estimate of drug-likeness (QED) is 0.492. The van der Waals surface area contributed by atoms with Crippen LogP contribution in [-0.2, 0) is 38.7 Å². The molecule has 1 saturated heterocycles. The number of fused-ring (bicyclic) bond motifs is 1. The Bertz CT molecular complexity index is 1310. The minimum absolute atomic E-state index is 0.0165.